The van der Waals surface area contributed by atoms with Gasteiger partial charge in [0, 0.05) is 24.4 Å². The molecule has 8 heteroatoms. The minimum Gasteiger partial charge on any atom is -0.464 e. The highest BCUT2D eigenvalue weighted by Gasteiger charge is 2.40. The van der Waals surface area contributed by atoms with E-state index in [2.05, 4.69) is 34.2 Å². The van der Waals surface area contributed by atoms with E-state index in [1.54, 1.807) is 12.1 Å². The molecule has 0 radical (unpaired) electrons. The van der Waals surface area contributed by atoms with Gasteiger partial charge in [0.25, 0.3) is 5.69 Å². The lowest BCUT2D eigenvalue weighted by Gasteiger charge is -2.24. The van der Waals surface area contributed by atoms with E-state index < -0.39 is 4.92 Å². The number of benzene rings is 2. The van der Waals surface area contributed by atoms with Gasteiger partial charge in [0.2, 0.25) is 0 Å². The fraction of sp³-hybridized carbons (Fsp3) is 0.375. The number of hydrogen-bond donors (Lipinski definition) is 0. The average molecular weight is 434 g/mol. The summed E-state index contributed by atoms with van der Waals surface area (Å²) in [5.74, 6) is 0.878. The van der Waals surface area contributed by atoms with Crippen molar-refractivity contribution in [1.29, 1.82) is 0 Å². The van der Waals surface area contributed by atoms with Crippen LogP contribution < -0.4 is 4.90 Å². The second-order valence-corrected chi connectivity index (χ2v) is 8.12. The summed E-state index contributed by atoms with van der Waals surface area (Å²) in [5.41, 5.74) is 2.26. The van der Waals surface area contributed by atoms with Crippen molar-refractivity contribution in [3.05, 3.63) is 70.8 Å². The Kier molecular flexibility index (Phi) is 6.58. The van der Waals surface area contributed by atoms with Gasteiger partial charge in [-0.2, -0.15) is 10.2 Å². The Morgan fingerprint density at radius 1 is 1.06 bits per heavy atom. The molecular weight excluding hydrogens is 408 g/mol. The molecule has 2 aliphatic carbocycles. The van der Waals surface area contributed by atoms with E-state index in [1.165, 1.54) is 12.1 Å². The molecule has 0 saturated heterocycles. The van der Waals surface area contributed by atoms with Crippen LogP contribution in [0.2, 0.25) is 0 Å². The van der Waals surface area contributed by atoms with Gasteiger partial charge in [-0.25, -0.2) is 0 Å². The number of allylic oxidation sites excluding steroid dienone is 2. The van der Waals surface area contributed by atoms with E-state index >= 15 is 0 Å². The van der Waals surface area contributed by atoms with Gasteiger partial charge < -0.3 is 9.64 Å². The third-order valence-corrected chi connectivity index (χ3v) is 6.13. The lowest BCUT2D eigenvalue weighted by molar-refractivity contribution is -0.384. The summed E-state index contributed by atoms with van der Waals surface area (Å²) in [6.45, 7) is 3.84. The zero-order valence-corrected chi connectivity index (χ0v) is 18.0. The number of rotatable bonds is 9. The Balaban J connectivity index is 1.28. The van der Waals surface area contributed by atoms with Crippen LogP contribution in [0.4, 0.5) is 22.7 Å². The molecule has 8 nitrogen and oxygen atoms in total. The van der Waals surface area contributed by atoms with Gasteiger partial charge in [0.15, 0.2) is 0 Å². The Hall–Kier alpha value is -3.55. The number of carbonyl (C=O) groups excluding carboxylic acids is 1. The van der Waals surface area contributed by atoms with Crippen molar-refractivity contribution in [2.45, 2.75) is 19.8 Å². The molecule has 0 N–H and O–H groups in total. The number of nitro benzene ring substituents is 1. The van der Waals surface area contributed by atoms with Gasteiger partial charge in [-0.1, -0.05) is 12.2 Å². The SMILES string of the molecule is CCN(CCOC(=O)C1CC2C=CC1C2)c1ccc(N=Nc2ccc([N+](=O)[O-])cc2)cc1. The average Bonchev–Trinajstić information content (AvgIpc) is 3.45. The molecule has 4 rings (SSSR count). The number of esters is 1. The van der Waals surface area contributed by atoms with Gasteiger partial charge in [-0.3, -0.25) is 14.9 Å². The number of nitro groups is 1. The molecule has 0 spiro atoms. The summed E-state index contributed by atoms with van der Waals surface area (Å²) >= 11 is 0. The number of carbonyl (C=O) groups is 1. The Labute approximate surface area is 186 Å². The van der Waals surface area contributed by atoms with Crippen LogP contribution in [0.15, 0.2) is 70.9 Å². The fourth-order valence-corrected chi connectivity index (χ4v) is 4.37. The first-order valence-corrected chi connectivity index (χ1v) is 10.9. The minimum atomic E-state index is -0.449. The summed E-state index contributed by atoms with van der Waals surface area (Å²) in [6.07, 6.45) is 6.41. The second kappa shape index (κ2) is 9.72. The normalized spacial score (nSPS) is 21.2. The van der Waals surface area contributed by atoms with Crippen LogP contribution in [-0.4, -0.2) is 30.6 Å². The van der Waals surface area contributed by atoms with E-state index in [4.69, 9.17) is 4.74 Å². The molecule has 3 atom stereocenters. The van der Waals surface area contributed by atoms with Gasteiger partial charge >= 0.3 is 5.97 Å². The number of nitrogens with zero attached hydrogens (tertiary/aromatic N) is 4. The first-order valence-electron chi connectivity index (χ1n) is 10.9. The zero-order valence-electron chi connectivity index (χ0n) is 18.0. The van der Waals surface area contributed by atoms with Crippen molar-refractivity contribution in [3.63, 3.8) is 0 Å². The van der Waals surface area contributed by atoms with Crippen molar-refractivity contribution < 1.29 is 14.5 Å². The maximum Gasteiger partial charge on any atom is 0.309 e. The van der Waals surface area contributed by atoms with Crippen LogP contribution in [0.3, 0.4) is 0 Å². The van der Waals surface area contributed by atoms with E-state index in [0.717, 1.165) is 25.1 Å². The largest absolute Gasteiger partial charge is 0.464 e. The van der Waals surface area contributed by atoms with Crippen molar-refractivity contribution in [2.75, 3.05) is 24.6 Å². The summed E-state index contributed by atoms with van der Waals surface area (Å²) < 4.78 is 5.58. The zero-order chi connectivity index (χ0) is 22.5. The first kappa shape index (κ1) is 21.7. The van der Waals surface area contributed by atoms with Crippen LogP contribution in [-0.2, 0) is 9.53 Å². The Bertz CT molecular complexity index is 1020. The molecule has 2 aromatic carbocycles. The lowest BCUT2D eigenvalue weighted by Crippen LogP contribution is -2.30. The summed E-state index contributed by atoms with van der Waals surface area (Å²) in [4.78, 5) is 24.8. The van der Waals surface area contributed by atoms with Crippen LogP contribution in [0, 0.1) is 27.9 Å². The number of fused-ring (bicyclic) bond motifs is 2. The van der Waals surface area contributed by atoms with Crippen LogP contribution in [0.5, 0.6) is 0 Å². The molecule has 166 valence electrons. The lowest BCUT2D eigenvalue weighted by atomic mass is 9.94. The van der Waals surface area contributed by atoms with E-state index in [1.807, 2.05) is 24.3 Å². The van der Waals surface area contributed by atoms with Crippen molar-refractivity contribution in [2.24, 2.45) is 28.0 Å². The molecule has 0 aliphatic heterocycles. The summed E-state index contributed by atoms with van der Waals surface area (Å²) in [5, 5.41) is 19.0. The molecule has 0 amide bonds. The number of azo groups is 1. The van der Waals surface area contributed by atoms with E-state index in [0.29, 0.717) is 36.4 Å². The third-order valence-electron chi connectivity index (χ3n) is 6.13. The highest BCUT2D eigenvalue weighted by molar-refractivity contribution is 5.74. The maximum atomic E-state index is 12.4. The van der Waals surface area contributed by atoms with Gasteiger partial charge in [-0.05, 0) is 68.0 Å². The Morgan fingerprint density at radius 3 is 2.25 bits per heavy atom. The van der Waals surface area contributed by atoms with Crippen molar-refractivity contribution in [3.8, 4) is 0 Å². The van der Waals surface area contributed by atoms with Crippen LogP contribution in [0.25, 0.3) is 0 Å². The molecule has 32 heavy (non-hydrogen) atoms. The number of likely N-dealkylation sites (N-methyl/N-ethyl adjacent to an activating group) is 1. The molecule has 2 aliphatic rings. The number of anilines is 1. The highest BCUT2D eigenvalue weighted by atomic mass is 16.6. The standard InChI is InChI=1S/C24H26N4O4/c1-2-27(13-14-32-24(29)23-16-17-3-4-18(23)15-17)21-9-5-19(6-10-21)25-26-20-7-11-22(12-8-20)28(30)31/h3-12,17-18,23H,2,13-16H2,1H3. The number of ether oxygens (including phenoxy) is 1. The van der Waals surface area contributed by atoms with Gasteiger partial charge in [0.05, 0.1) is 28.8 Å². The van der Waals surface area contributed by atoms with E-state index in [-0.39, 0.29) is 17.6 Å². The quantitative estimate of drug-likeness (QED) is 0.168. The first-order chi connectivity index (χ1) is 15.5. The molecular formula is C24H26N4O4. The smallest absolute Gasteiger partial charge is 0.309 e. The van der Waals surface area contributed by atoms with Gasteiger partial charge in [0.1, 0.15) is 6.61 Å². The molecule has 1 saturated carbocycles. The molecule has 1 fully saturated rings. The molecule has 0 aromatic heterocycles. The molecule has 0 heterocycles. The predicted molar refractivity (Wildman–Crippen MR) is 121 cm³/mol. The number of hydrogen-bond acceptors (Lipinski definition) is 7. The molecule has 2 aromatic rings. The Morgan fingerprint density at radius 2 is 1.72 bits per heavy atom. The van der Waals surface area contributed by atoms with Crippen LogP contribution in [0.1, 0.15) is 19.8 Å². The second-order valence-electron chi connectivity index (χ2n) is 8.12. The van der Waals surface area contributed by atoms with Crippen LogP contribution >= 0.6 is 0 Å². The van der Waals surface area contributed by atoms with Crippen molar-refractivity contribution >= 4 is 28.7 Å². The monoisotopic (exact) mass is 434 g/mol. The third kappa shape index (κ3) is 5.01. The van der Waals surface area contributed by atoms with Crippen molar-refractivity contribution in [1.82, 2.24) is 0 Å². The predicted octanol–water partition coefficient (Wildman–Crippen LogP) is 5.59. The molecule has 2 bridgehead atoms. The summed E-state index contributed by atoms with van der Waals surface area (Å²) in [7, 11) is 0. The van der Waals surface area contributed by atoms with E-state index in [9.17, 15) is 14.9 Å². The van der Waals surface area contributed by atoms with Gasteiger partial charge in [-0.15, -0.1) is 0 Å². The number of non-ortho nitro benzene ring substituents is 1. The highest BCUT2D eigenvalue weighted by Crippen LogP contribution is 2.43. The molecule has 3 unspecified atom stereocenters. The summed E-state index contributed by atoms with van der Waals surface area (Å²) in [6, 6.07) is 13.5. The maximum absolute atomic E-state index is 12.4. The topological polar surface area (TPSA) is 97.4 Å². The fourth-order valence-electron chi connectivity index (χ4n) is 4.37. The minimum absolute atomic E-state index is 0.0194.